The smallest absolute Gasteiger partial charge is 0.0697 e. The highest BCUT2D eigenvalue weighted by Gasteiger charge is 2.44. The Morgan fingerprint density at radius 3 is 2.58 bits per heavy atom. The Hall–Kier alpha value is -0.120. The highest BCUT2D eigenvalue weighted by molar-refractivity contribution is 4.98. The molecule has 0 amide bonds. The molecule has 1 unspecified atom stereocenters. The highest BCUT2D eigenvalue weighted by Crippen LogP contribution is 2.43. The van der Waals surface area contributed by atoms with Gasteiger partial charge in [0.1, 0.15) is 0 Å². The van der Waals surface area contributed by atoms with Crippen molar-refractivity contribution in [3.8, 4) is 0 Å². The van der Waals surface area contributed by atoms with Gasteiger partial charge in [-0.3, -0.25) is 4.90 Å². The van der Waals surface area contributed by atoms with Gasteiger partial charge in [-0.2, -0.15) is 0 Å². The van der Waals surface area contributed by atoms with Crippen LogP contribution in [0.2, 0.25) is 0 Å². The van der Waals surface area contributed by atoms with Gasteiger partial charge in [-0.1, -0.05) is 6.92 Å². The van der Waals surface area contributed by atoms with Crippen molar-refractivity contribution in [1.82, 2.24) is 10.2 Å². The second-order valence-corrected chi connectivity index (χ2v) is 6.75. The zero-order valence-corrected chi connectivity index (χ0v) is 12.5. The highest BCUT2D eigenvalue weighted by atomic mass is 16.5. The summed E-state index contributed by atoms with van der Waals surface area (Å²) in [5.74, 6) is 0. The Labute approximate surface area is 118 Å². The summed E-state index contributed by atoms with van der Waals surface area (Å²) in [4.78, 5) is 2.85. The third kappa shape index (κ3) is 2.98. The Kier molecular flexibility index (Phi) is 4.45. The van der Waals surface area contributed by atoms with E-state index in [1.54, 1.807) is 0 Å². The molecule has 3 fully saturated rings. The average molecular weight is 266 g/mol. The minimum Gasteiger partial charge on any atom is -0.375 e. The normalized spacial score (nSPS) is 31.6. The molecule has 2 aliphatic heterocycles. The van der Waals surface area contributed by atoms with Crippen LogP contribution < -0.4 is 5.32 Å². The maximum Gasteiger partial charge on any atom is 0.0697 e. The van der Waals surface area contributed by atoms with Crippen LogP contribution in [0.3, 0.4) is 0 Å². The number of piperidine rings is 1. The minimum absolute atomic E-state index is 0.293. The van der Waals surface area contributed by atoms with Crippen LogP contribution in [-0.2, 0) is 4.74 Å². The number of rotatable bonds is 4. The van der Waals surface area contributed by atoms with Crippen molar-refractivity contribution >= 4 is 0 Å². The van der Waals surface area contributed by atoms with Gasteiger partial charge in [0.05, 0.1) is 5.60 Å². The van der Waals surface area contributed by atoms with E-state index in [4.69, 9.17) is 4.74 Å². The maximum atomic E-state index is 6.11. The molecule has 3 aliphatic rings. The fraction of sp³-hybridized carbons (Fsp3) is 1.00. The molecule has 1 atom stereocenters. The molecule has 0 aromatic carbocycles. The van der Waals surface area contributed by atoms with Crippen molar-refractivity contribution in [1.29, 1.82) is 0 Å². The Morgan fingerprint density at radius 1 is 1.16 bits per heavy atom. The molecule has 1 spiro atoms. The number of nitrogens with zero attached hydrogens (tertiary/aromatic N) is 1. The molecular weight excluding hydrogens is 236 g/mol. The summed E-state index contributed by atoms with van der Waals surface area (Å²) in [6, 6.07) is 1.61. The van der Waals surface area contributed by atoms with Gasteiger partial charge in [-0.25, -0.2) is 0 Å². The van der Waals surface area contributed by atoms with Crippen LogP contribution in [0.5, 0.6) is 0 Å². The molecule has 2 heterocycles. The first kappa shape index (κ1) is 13.8. The molecule has 110 valence electrons. The standard InChI is InChI=1S/C16H30N2O/c1-2-11-18(14-4-9-17-10-5-14)15-6-12-19-16(13-15)7-3-8-16/h14-15,17H,2-13H2,1H3. The van der Waals surface area contributed by atoms with E-state index < -0.39 is 0 Å². The van der Waals surface area contributed by atoms with Crippen LogP contribution in [-0.4, -0.2) is 48.8 Å². The summed E-state index contributed by atoms with van der Waals surface area (Å²) in [7, 11) is 0. The molecule has 1 saturated carbocycles. The first-order chi connectivity index (χ1) is 9.33. The van der Waals surface area contributed by atoms with E-state index in [1.807, 2.05) is 0 Å². The lowest BCUT2D eigenvalue weighted by Crippen LogP contribution is -2.55. The molecule has 1 aliphatic carbocycles. The Morgan fingerprint density at radius 2 is 1.95 bits per heavy atom. The maximum absolute atomic E-state index is 6.11. The van der Waals surface area contributed by atoms with Crippen LogP contribution >= 0.6 is 0 Å². The third-order valence-corrected chi connectivity index (χ3v) is 5.46. The molecule has 3 nitrogen and oxygen atoms in total. The van der Waals surface area contributed by atoms with Crippen molar-refractivity contribution in [2.45, 2.75) is 76.0 Å². The monoisotopic (exact) mass is 266 g/mol. The summed E-state index contributed by atoms with van der Waals surface area (Å²) in [6.45, 7) is 7.02. The zero-order chi connectivity index (χ0) is 13.1. The van der Waals surface area contributed by atoms with Gasteiger partial charge >= 0.3 is 0 Å². The lowest BCUT2D eigenvalue weighted by molar-refractivity contribution is -0.152. The summed E-state index contributed by atoms with van der Waals surface area (Å²) in [6.07, 6.45) is 10.5. The van der Waals surface area contributed by atoms with Crippen molar-refractivity contribution in [3.05, 3.63) is 0 Å². The lowest BCUT2D eigenvalue weighted by Gasteiger charge is -2.51. The second-order valence-electron chi connectivity index (χ2n) is 6.75. The van der Waals surface area contributed by atoms with Gasteiger partial charge in [0, 0.05) is 18.7 Å². The number of nitrogens with one attached hydrogen (secondary N) is 1. The van der Waals surface area contributed by atoms with Gasteiger partial charge in [-0.15, -0.1) is 0 Å². The molecule has 0 aromatic heterocycles. The fourth-order valence-electron chi connectivity index (χ4n) is 4.26. The molecule has 0 aromatic rings. The van der Waals surface area contributed by atoms with Gasteiger partial charge in [0.15, 0.2) is 0 Å². The summed E-state index contributed by atoms with van der Waals surface area (Å²) in [5, 5.41) is 3.50. The van der Waals surface area contributed by atoms with E-state index in [1.165, 1.54) is 71.0 Å². The van der Waals surface area contributed by atoms with Crippen LogP contribution in [0.25, 0.3) is 0 Å². The van der Waals surface area contributed by atoms with E-state index in [2.05, 4.69) is 17.1 Å². The summed E-state index contributed by atoms with van der Waals surface area (Å²) < 4.78 is 6.11. The molecule has 0 radical (unpaired) electrons. The molecule has 19 heavy (non-hydrogen) atoms. The molecular formula is C16H30N2O. The molecule has 3 rings (SSSR count). The number of ether oxygens (including phenoxy) is 1. The molecule has 3 heteroatoms. The van der Waals surface area contributed by atoms with Gasteiger partial charge < -0.3 is 10.1 Å². The second kappa shape index (κ2) is 6.11. The van der Waals surface area contributed by atoms with Gasteiger partial charge in [0.2, 0.25) is 0 Å². The topological polar surface area (TPSA) is 24.5 Å². The van der Waals surface area contributed by atoms with Crippen LogP contribution in [0.1, 0.15) is 58.3 Å². The van der Waals surface area contributed by atoms with Crippen LogP contribution in [0, 0.1) is 0 Å². The molecule has 2 saturated heterocycles. The van der Waals surface area contributed by atoms with E-state index in [9.17, 15) is 0 Å². The Bertz CT molecular complexity index is 284. The summed E-state index contributed by atoms with van der Waals surface area (Å²) in [5.41, 5.74) is 0.293. The van der Waals surface area contributed by atoms with Gasteiger partial charge in [0.25, 0.3) is 0 Å². The average Bonchev–Trinajstić information content (AvgIpc) is 2.44. The summed E-state index contributed by atoms with van der Waals surface area (Å²) >= 11 is 0. The predicted octanol–water partition coefficient (Wildman–Crippen LogP) is 2.55. The van der Waals surface area contributed by atoms with E-state index in [0.717, 1.165) is 18.7 Å². The van der Waals surface area contributed by atoms with E-state index in [0.29, 0.717) is 5.60 Å². The van der Waals surface area contributed by atoms with Crippen molar-refractivity contribution in [3.63, 3.8) is 0 Å². The quantitative estimate of drug-likeness (QED) is 0.846. The molecule has 0 bridgehead atoms. The first-order valence-corrected chi connectivity index (χ1v) is 8.43. The minimum atomic E-state index is 0.293. The van der Waals surface area contributed by atoms with Crippen molar-refractivity contribution < 1.29 is 4.74 Å². The fourth-order valence-corrected chi connectivity index (χ4v) is 4.26. The number of hydrogen-bond acceptors (Lipinski definition) is 3. The SMILES string of the molecule is CCCN(C1CCNCC1)C1CCOC2(CCC2)C1. The lowest BCUT2D eigenvalue weighted by atomic mass is 9.73. The third-order valence-electron chi connectivity index (χ3n) is 5.46. The van der Waals surface area contributed by atoms with E-state index >= 15 is 0 Å². The largest absolute Gasteiger partial charge is 0.375 e. The first-order valence-electron chi connectivity index (χ1n) is 8.43. The van der Waals surface area contributed by atoms with Gasteiger partial charge in [-0.05, 0) is 71.0 Å². The molecule has 1 N–H and O–H groups in total. The van der Waals surface area contributed by atoms with Crippen molar-refractivity contribution in [2.24, 2.45) is 0 Å². The zero-order valence-electron chi connectivity index (χ0n) is 12.5. The Balaban J connectivity index is 1.64. The predicted molar refractivity (Wildman–Crippen MR) is 78.4 cm³/mol. The number of hydrogen-bond donors (Lipinski definition) is 1. The van der Waals surface area contributed by atoms with Crippen LogP contribution in [0.4, 0.5) is 0 Å². The van der Waals surface area contributed by atoms with Crippen LogP contribution in [0.15, 0.2) is 0 Å². The van der Waals surface area contributed by atoms with E-state index in [-0.39, 0.29) is 0 Å². The van der Waals surface area contributed by atoms with Crippen molar-refractivity contribution in [2.75, 3.05) is 26.2 Å².